The normalized spacial score (nSPS) is 31.3. The highest BCUT2D eigenvalue weighted by Gasteiger charge is 2.70. The average molecular weight is 448 g/mol. The first-order valence-electron chi connectivity index (χ1n) is 9.97. The summed E-state index contributed by atoms with van der Waals surface area (Å²) < 4.78 is 24.7. The van der Waals surface area contributed by atoms with Crippen molar-refractivity contribution in [3.63, 3.8) is 0 Å². The number of esters is 1. The van der Waals surface area contributed by atoms with Gasteiger partial charge in [-0.15, -0.1) is 0 Å². The summed E-state index contributed by atoms with van der Waals surface area (Å²) in [5.41, 5.74) is -1.15. The Bertz CT molecular complexity index is 624. The van der Waals surface area contributed by atoms with E-state index in [0.29, 0.717) is 13.0 Å². The lowest BCUT2D eigenvalue weighted by Gasteiger charge is -2.46. The van der Waals surface area contributed by atoms with Crippen LogP contribution in [0, 0.1) is 5.92 Å². The van der Waals surface area contributed by atoms with Crippen LogP contribution in [0.2, 0.25) is 58.9 Å². The minimum absolute atomic E-state index is 0.129. The van der Waals surface area contributed by atoms with Crippen LogP contribution in [-0.2, 0) is 27.6 Å². The first-order valence-corrected chi connectivity index (χ1v) is 20.2. The second kappa shape index (κ2) is 7.62. The van der Waals surface area contributed by atoms with E-state index in [1.54, 1.807) is 4.90 Å². The van der Waals surface area contributed by atoms with Crippen LogP contribution in [0.25, 0.3) is 0 Å². The monoisotopic (exact) mass is 447 g/mol. The number of fused-ring (bicyclic) bond motifs is 1. The molecule has 7 nitrogen and oxygen atoms in total. The van der Waals surface area contributed by atoms with Gasteiger partial charge in [-0.3, -0.25) is 9.59 Å². The van der Waals surface area contributed by atoms with Gasteiger partial charge in [0.05, 0.1) is 7.11 Å². The number of carbonyl (C=O) groups excluding carboxylic acids is 2. The number of methoxy groups -OCH3 is 1. The molecule has 0 aromatic rings. The van der Waals surface area contributed by atoms with Crippen LogP contribution in [0.4, 0.5) is 0 Å². The van der Waals surface area contributed by atoms with Gasteiger partial charge in [0, 0.05) is 6.54 Å². The minimum Gasteiger partial charge on any atom is -0.469 e. The minimum atomic E-state index is -2.16. The fourth-order valence-corrected chi connectivity index (χ4v) is 7.48. The van der Waals surface area contributed by atoms with Crippen molar-refractivity contribution in [3.05, 3.63) is 0 Å². The number of amides is 1. The molecule has 0 aliphatic carbocycles. The maximum absolute atomic E-state index is 13.5. The molecule has 10 heteroatoms. The molecule has 0 bridgehead atoms. The van der Waals surface area contributed by atoms with Crippen molar-refractivity contribution < 1.29 is 27.6 Å². The van der Waals surface area contributed by atoms with Crippen molar-refractivity contribution in [1.29, 1.82) is 0 Å². The third-order valence-corrected chi connectivity index (χ3v) is 7.53. The van der Waals surface area contributed by atoms with Gasteiger partial charge in [0.2, 0.25) is 0 Å². The molecule has 0 spiro atoms. The fourth-order valence-electron chi connectivity index (χ4n) is 4.09. The molecule has 0 aromatic carbocycles. The van der Waals surface area contributed by atoms with Crippen molar-refractivity contribution in [2.45, 2.75) is 83.3 Å². The summed E-state index contributed by atoms with van der Waals surface area (Å²) in [7, 11) is -4.92. The Balaban J connectivity index is 2.65. The smallest absolute Gasteiger partial charge is 0.313 e. The van der Waals surface area contributed by atoms with Crippen LogP contribution >= 0.6 is 0 Å². The molecule has 0 aromatic heterocycles. The Morgan fingerprint density at radius 2 is 1.50 bits per heavy atom. The lowest BCUT2D eigenvalue weighted by Crippen LogP contribution is -2.63. The molecule has 2 aliphatic heterocycles. The molecule has 2 heterocycles. The topological polar surface area (TPSA) is 74.3 Å². The van der Waals surface area contributed by atoms with E-state index in [-0.39, 0.29) is 11.9 Å². The maximum atomic E-state index is 13.5. The van der Waals surface area contributed by atoms with Crippen LogP contribution in [0.3, 0.4) is 0 Å². The highest BCUT2D eigenvalue weighted by Crippen LogP contribution is 2.50. The Morgan fingerprint density at radius 3 is 1.93 bits per heavy atom. The third-order valence-electron chi connectivity index (χ3n) is 4.67. The Labute approximate surface area is 172 Å². The molecule has 2 aliphatic rings. The molecule has 0 saturated carbocycles. The highest BCUT2D eigenvalue weighted by atomic mass is 28.4. The zero-order valence-electron chi connectivity index (χ0n) is 19.0. The second-order valence-corrected chi connectivity index (χ2v) is 24.0. The molecule has 2 fully saturated rings. The lowest BCUT2D eigenvalue weighted by molar-refractivity contribution is -0.173. The predicted molar refractivity (Wildman–Crippen MR) is 115 cm³/mol. The molecule has 0 unspecified atom stereocenters. The SMILES string of the molecule is COC(=O)[C@@H]1CCN2C(=O)[C@H](O[Si](C)(C)C)[C@@H](O[Si](C)(C)C)[C@]12O[Si](C)(C)C. The van der Waals surface area contributed by atoms with Gasteiger partial charge >= 0.3 is 5.97 Å². The number of nitrogens with zero attached hydrogens (tertiary/aromatic N) is 1. The van der Waals surface area contributed by atoms with E-state index < -0.39 is 48.8 Å². The zero-order valence-corrected chi connectivity index (χ0v) is 22.0. The van der Waals surface area contributed by atoms with Crippen LogP contribution in [0.5, 0.6) is 0 Å². The molecule has 4 atom stereocenters. The molecule has 28 heavy (non-hydrogen) atoms. The first kappa shape index (κ1) is 23.7. The molecule has 2 saturated heterocycles. The Kier molecular flexibility index (Phi) is 6.46. The van der Waals surface area contributed by atoms with Gasteiger partial charge in [-0.2, -0.15) is 0 Å². The van der Waals surface area contributed by atoms with Crippen molar-refractivity contribution in [3.8, 4) is 0 Å². The van der Waals surface area contributed by atoms with E-state index in [2.05, 4.69) is 58.9 Å². The van der Waals surface area contributed by atoms with Gasteiger partial charge in [-0.05, 0) is 65.3 Å². The van der Waals surface area contributed by atoms with Gasteiger partial charge in [-0.1, -0.05) is 0 Å². The van der Waals surface area contributed by atoms with E-state index in [9.17, 15) is 9.59 Å². The number of ether oxygens (including phenoxy) is 1. The van der Waals surface area contributed by atoms with Gasteiger partial charge in [0.15, 0.2) is 36.8 Å². The van der Waals surface area contributed by atoms with E-state index in [0.717, 1.165) is 0 Å². The Hall–Kier alpha value is -0.529. The summed E-state index contributed by atoms with van der Waals surface area (Å²) in [6, 6.07) is 0. The number of carbonyl (C=O) groups is 2. The molecular weight excluding hydrogens is 410 g/mol. The molecule has 0 N–H and O–H groups in total. The van der Waals surface area contributed by atoms with Crippen LogP contribution in [0.1, 0.15) is 6.42 Å². The standard InChI is InChI=1S/C18H37NO6Si3/c1-22-17(21)13-11-12-19-16(20)14(23-26(2,3)4)15(24-27(5,6)7)18(13,19)25-28(8,9)10/h13-15H,11-12H2,1-10H3/t13-,14+,15+,18+/m0/s1. The van der Waals surface area contributed by atoms with Crippen LogP contribution < -0.4 is 0 Å². The molecule has 162 valence electrons. The summed E-state index contributed by atoms with van der Waals surface area (Å²) in [5, 5.41) is 0. The summed E-state index contributed by atoms with van der Waals surface area (Å²) in [6.07, 6.45) is -0.882. The number of rotatable bonds is 7. The lowest BCUT2D eigenvalue weighted by atomic mass is 9.91. The van der Waals surface area contributed by atoms with E-state index in [1.165, 1.54) is 7.11 Å². The van der Waals surface area contributed by atoms with Gasteiger partial charge in [-0.25, -0.2) is 0 Å². The molecule has 2 rings (SSSR count). The number of hydrogen-bond donors (Lipinski definition) is 0. The van der Waals surface area contributed by atoms with Gasteiger partial charge in [0.1, 0.15) is 12.0 Å². The first-order chi connectivity index (χ1) is 12.5. The van der Waals surface area contributed by atoms with Crippen molar-refractivity contribution in [2.75, 3.05) is 13.7 Å². The Morgan fingerprint density at radius 1 is 0.964 bits per heavy atom. The summed E-state index contributed by atoms with van der Waals surface area (Å²) in [6.45, 7) is 19.0. The summed E-state index contributed by atoms with van der Waals surface area (Å²) in [4.78, 5) is 27.9. The summed E-state index contributed by atoms with van der Waals surface area (Å²) in [5.74, 6) is -1.06. The predicted octanol–water partition coefficient (Wildman–Crippen LogP) is 3.01. The third kappa shape index (κ3) is 4.78. The highest BCUT2D eigenvalue weighted by molar-refractivity contribution is 6.71. The van der Waals surface area contributed by atoms with Crippen molar-refractivity contribution in [1.82, 2.24) is 4.90 Å². The van der Waals surface area contributed by atoms with Gasteiger partial charge in [0.25, 0.3) is 5.91 Å². The molecule has 1 amide bonds. The largest absolute Gasteiger partial charge is 0.469 e. The summed E-state index contributed by atoms with van der Waals surface area (Å²) >= 11 is 0. The zero-order chi connectivity index (χ0) is 21.7. The average Bonchev–Trinajstić information content (AvgIpc) is 2.92. The van der Waals surface area contributed by atoms with E-state index in [1.807, 2.05) is 0 Å². The molecular formula is C18H37NO6Si3. The second-order valence-electron chi connectivity index (χ2n) is 10.6. The fraction of sp³-hybridized carbons (Fsp3) is 0.889. The van der Waals surface area contributed by atoms with E-state index >= 15 is 0 Å². The van der Waals surface area contributed by atoms with Crippen LogP contribution in [0.15, 0.2) is 0 Å². The quantitative estimate of drug-likeness (QED) is 0.441. The van der Waals surface area contributed by atoms with E-state index in [4.69, 9.17) is 18.0 Å². The van der Waals surface area contributed by atoms with Crippen LogP contribution in [-0.4, -0.2) is 73.3 Å². The van der Waals surface area contributed by atoms with Crippen molar-refractivity contribution in [2.24, 2.45) is 5.92 Å². The molecule has 0 radical (unpaired) electrons. The van der Waals surface area contributed by atoms with Crippen molar-refractivity contribution >= 4 is 36.8 Å². The number of hydrogen-bond acceptors (Lipinski definition) is 6. The maximum Gasteiger partial charge on any atom is 0.313 e. The van der Waals surface area contributed by atoms with Gasteiger partial charge < -0.3 is 22.9 Å².